The van der Waals surface area contributed by atoms with Crippen molar-refractivity contribution in [1.29, 1.82) is 0 Å². The van der Waals surface area contributed by atoms with Gasteiger partial charge >= 0.3 is 6.18 Å². The molecular weight excluding hydrogens is 251 g/mol. The molecule has 1 saturated carbocycles. The fourth-order valence-electron chi connectivity index (χ4n) is 2.54. The second kappa shape index (κ2) is 4.86. The molecule has 0 nitrogen and oxygen atoms in total. The standard InChI is InChI=1S/C13H13F5/c14-10-6-9(8-4-2-1-3-5-8)7-11(15)12(10)13(16,17)18/h6-8H,1-5H2. The van der Waals surface area contributed by atoms with Gasteiger partial charge in [-0.2, -0.15) is 13.2 Å². The van der Waals surface area contributed by atoms with E-state index in [0.29, 0.717) is 5.56 Å². The molecule has 100 valence electrons. The highest BCUT2D eigenvalue weighted by atomic mass is 19.4. The first-order valence-corrected chi connectivity index (χ1v) is 5.95. The Hall–Kier alpha value is -1.13. The fourth-order valence-corrected chi connectivity index (χ4v) is 2.54. The van der Waals surface area contributed by atoms with E-state index in [2.05, 4.69) is 0 Å². The number of hydrogen-bond acceptors (Lipinski definition) is 0. The van der Waals surface area contributed by atoms with Crippen LogP contribution in [0.5, 0.6) is 0 Å². The first kappa shape index (κ1) is 13.3. The largest absolute Gasteiger partial charge is 0.422 e. The topological polar surface area (TPSA) is 0 Å². The van der Waals surface area contributed by atoms with Gasteiger partial charge in [-0.25, -0.2) is 8.78 Å². The van der Waals surface area contributed by atoms with Gasteiger partial charge in [0.25, 0.3) is 0 Å². The summed E-state index contributed by atoms with van der Waals surface area (Å²) >= 11 is 0. The summed E-state index contributed by atoms with van der Waals surface area (Å²) in [6.07, 6.45) is -0.445. The third-order valence-corrected chi connectivity index (χ3v) is 3.42. The Morgan fingerprint density at radius 1 is 0.889 bits per heavy atom. The van der Waals surface area contributed by atoms with E-state index < -0.39 is 23.4 Å². The first-order chi connectivity index (χ1) is 8.39. The van der Waals surface area contributed by atoms with Crippen LogP contribution in [0.15, 0.2) is 12.1 Å². The lowest BCUT2D eigenvalue weighted by Gasteiger charge is -2.22. The van der Waals surface area contributed by atoms with Gasteiger partial charge in [0.1, 0.15) is 17.2 Å². The normalized spacial score (nSPS) is 18.1. The van der Waals surface area contributed by atoms with Crippen LogP contribution in [-0.2, 0) is 6.18 Å². The zero-order valence-electron chi connectivity index (χ0n) is 9.66. The third-order valence-electron chi connectivity index (χ3n) is 3.42. The molecule has 1 aliphatic rings. The third kappa shape index (κ3) is 2.65. The van der Waals surface area contributed by atoms with Gasteiger partial charge in [0, 0.05) is 0 Å². The lowest BCUT2D eigenvalue weighted by atomic mass is 9.83. The molecule has 0 unspecified atom stereocenters. The molecule has 1 aromatic rings. The minimum absolute atomic E-state index is 0.0231. The predicted octanol–water partition coefficient (Wildman–Crippen LogP) is 5.03. The molecule has 0 saturated heterocycles. The van der Waals surface area contributed by atoms with Crippen LogP contribution < -0.4 is 0 Å². The SMILES string of the molecule is Fc1cc(C2CCCCC2)cc(F)c1C(F)(F)F. The number of rotatable bonds is 1. The van der Waals surface area contributed by atoms with Gasteiger partial charge in [0.15, 0.2) is 0 Å². The van der Waals surface area contributed by atoms with Crippen LogP contribution in [0.2, 0.25) is 0 Å². The van der Waals surface area contributed by atoms with E-state index in [1.807, 2.05) is 0 Å². The smallest absolute Gasteiger partial charge is 0.206 e. The molecule has 0 bridgehead atoms. The van der Waals surface area contributed by atoms with Crippen molar-refractivity contribution < 1.29 is 22.0 Å². The molecule has 0 atom stereocenters. The zero-order chi connectivity index (χ0) is 13.3. The van der Waals surface area contributed by atoms with Crippen LogP contribution in [0.25, 0.3) is 0 Å². The Bertz CT molecular complexity index is 406. The summed E-state index contributed by atoms with van der Waals surface area (Å²) in [4.78, 5) is 0. The molecule has 18 heavy (non-hydrogen) atoms. The summed E-state index contributed by atoms with van der Waals surface area (Å²) in [6, 6.07) is 1.67. The summed E-state index contributed by atoms with van der Waals surface area (Å²) < 4.78 is 64.0. The van der Waals surface area contributed by atoms with Crippen LogP contribution in [0.1, 0.15) is 49.1 Å². The summed E-state index contributed by atoms with van der Waals surface area (Å²) in [5, 5.41) is 0. The number of benzene rings is 1. The lowest BCUT2D eigenvalue weighted by Crippen LogP contribution is -2.13. The Morgan fingerprint density at radius 2 is 1.39 bits per heavy atom. The molecule has 0 spiro atoms. The molecule has 1 aromatic carbocycles. The van der Waals surface area contributed by atoms with E-state index in [9.17, 15) is 22.0 Å². The van der Waals surface area contributed by atoms with Crippen molar-refractivity contribution in [3.8, 4) is 0 Å². The molecule has 5 heteroatoms. The Morgan fingerprint density at radius 3 is 1.83 bits per heavy atom. The van der Waals surface area contributed by atoms with Gasteiger partial charge in [-0.05, 0) is 36.5 Å². The summed E-state index contributed by atoms with van der Waals surface area (Å²) in [5.41, 5.74) is -1.44. The van der Waals surface area contributed by atoms with E-state index in [1.54, 1.807) is 0 Å². The van der Waals surface area contributed by atoms with E-state index in [0.717, 1.165) is 44.2 Å². The minimum atomic E-state index is -4.99. The second-order valence-electron chi connectivity index (χ2n) is 4.69. The van der Waals surface area contributed by atoms with Crippen molar-refractivity contribution in [2.24, 2.45) is 0 Å². The number of hydrogen-bond donors (Lipinski definition) is 0. The molecule has 0 radical (unpaired) electrons. The summed E-state index contributed by atoms with van der Waals surface area (Å²) in [6.45, 7) is 0. The maximum absolute atomic E-state index is 13.4. The van der Waals surface area contributed by atoms with Gasteiger partial charge in [-0.3, -0.25) is 0 Å². The van der Waals surface area contributed by atoms with Gasteiger partial charge in [-0.1, -0.05) is 19.3 Å². The minimum Gasteiger partial charge on any atom is -0.206 e. The van der Waals surface area contributed by atoms with Crippen molar-refractivity contribution in [2.75, 3.05) is 0 Å². The molecule has 1 fully saturated rings. The van der Waals surface area contributed by atoms with Crippen LogP contribution in [-0.4, -0.2) is 0 Å². The molecule has 0 N–H and O–H groups in total. The van der Waals surface area contributed by atoms with Gasteiger partial charge in [0.2, 0.25) is 0 Å². The van der Waals surface area contributed by atoms with E-state index in [1.165, 1.54) is 0 Å². The van der Waals surface area contributed by atoms with Gasteiger partial charge < -0.3 is 0 Å². The molecule has 0 amide bonds. The molecule has 1 aliphatic carbocycles. The van der Waals surface area contributed by atoms with Crippen molar-refractivity contribution >= 4 is 0 Å². The molecule has 0 aromatic heterocycles. The van der Waals surface area contributed by atoms with E-state index in [-0.39, 0.29) is 5.92 Å². The molecular formula is C13H13F5. The van der Waals surface area contributed by atoms with Crippen LogP contribution in [0.4, 0.5) is 22.0 Å². The predicted molar refractivity (Wildman–Crippen MR) is 57.2 cm³/mol. The number of alkyl halides is 3. The Labute approximate surface area is 102 Å². The van der Waals surface area contributed by atoms with E-state index in [4.69, 9.17) is 0 Å². The average molecular weight is 264 g/mol. The lowest BCUT2D eigenvalue weighted by molar-refractivity contribution is -0.142. The van der Waals surface area contributed by atoms with Gasteiger partial charge in [0.05, 0.1) is 0 Å². The average Bonchev–Trinajstić information content (AvgIpc) is 2.27. The fraction of sp³-hybridized carbons (Fsp3) is 0.538. The Kier molecular flexibility index (Phi) is 3.59. The van der Waals surface area contributed by atoms with Crippen LogP contribution >= 0.6 is 0 Å². The highest BCUT2D eigenvalue weighted by Gasteiger charge is 2.38. The highest BCUT2D eigenvalue weighted by molar-refractivity contribution is 5.30. The first-order valence-electron chi connectivity index (χ1n) is 5.95. The van der Waals surface area contributed by atoms with Gasteiger partial charge in [-0.15, -0.1) is 0 Å². The highest BCUT2D eigenvalue weighted by Crippen LogP contribution is 2.38. The van der Waals surface area contributed by atoms with Crippen LogP contribution in [0, 0.1) is 11.6 Å². The van der Waals surface area contributed by atoms with Crippen molar-refractivity contribution in [3.63, 3.8) is 0 Å². The van der Waals surface area contributed by atoms with Crippen molar-refractivity contribution in [3.05, 3.63) is 34.9 Å². The number of halogens is 5. The van der Waals surface area contributed by atoms with Crippen LogP contribution in [0.3, 0.4) is 0 Å². The summed E-state index contributed by atoms with van der Waals surface area (Å²) in [7, 11) is 0. The maximum atomic E-state index is 13.4. The van der Waals surface area contributed by atoms with Crippen molar-refractivity contribution in [1.82, 2.24) is 0 Å². The molecule has 0 heterocycles. The second-order valence-corrected chi connectivity index (χ2v) is 4.69. The van der Waals surface area contributed by atoms with E-state index >= 15 is 0 Å². The molecule has 2 rings (SSSR count). The van der Waals surface area contributed by atoms with Crippen molar-refractivity contribution in [2.45, 2.75) is 44.2 Å². The monoisotopic (exact) mass is 264 g/mol. The quantitative estimate of drug-likeness (QED) is 0.624. The zero-order valence-corrected chi connectivity index (χ0v) is 9.66. The maximum Gasteiger partial charge on any atom is 0.422 e. The Balaban J connectivity index is 2.36. The molecule has 0 aliphatic heterocycles. The summed E-state index contributed by atoms with van der Waals surface area (Å²) in [5.74, 6) is -3.05.